The molecule has 158 valence electrons. The van der Waals surface area contributed by atoms with Crippen LogP contribution in [0.25, 0.3) is 0 Å². The zero-order chi connectivity index (χ0) is 21.7. The minimum Gasteiger partial charge on any atom is -0.484 e. The molecule has 0 spiro atoms. The number of benzene rings is 2. The smallest absolute Gasteiger partial charge is 0.416 e. The van der Waals surface area contributed by atoms with E-state index in [1.807, 2.05) is 32.0 Å². The van der Waals surface area contributed by atoms with Gasteiger partial charge < -0.3 is 14.5 Å². The predicted octanol–water partition coefficient (Wildman–Crippen LogP) is 5.02. The second-order valence-electron chi connectivity index (χ2n) is 6.49. The summed E-state index contributed by atoms with van der Waals surface area (Å²) in [5.41, 5.74) is 1.36. The quantitative estimate of drug-likeness (QED) is 0.524. The van der Waals surface area contributed by atoms with E-state index in [1.165, 1.54) is 12.1 Å². The van der Waals surface area contributed by atoms with Crippen molar-refractivity contribution in [2.24, 2.45) is 0 Å². The van der Waals surface area contributed by atoms with Gasteiger partial charge in [0.15, 0.2) is 6.61 Å². The van der Waals surface area contributed by atoms with Crippen molar-refractivity contribution in [3.8, 4) is 5.75 Å². The molecule has 1 aromatic heterocycles. The largest absolute Gasteiger partial charge is 0.484 e. The molecular formula is C20H18F3N3O3S. The van der Waals surface area contributed by atoms with Gasteiger partial charge in [0.1, 0.15) is 5.75 Å². The van der Waals surface area contributed by atoms with Crippen molar-refractivity contribution >= 4 is 23.4 Å². The van der Waals surface area contributed by atoms with Crippen LogP contribution in [0.15, 0.2) is 52.1 Å². The van der Waals surface area contributed by atoms with E-state index < -0.39 is 17.6 Å². The Bertz CT molecular complexity index is 1020. The van der Waals surface area contributed by atoms with Crippen molar-refractivity contribution in [2.45, 2.75) is 31.9 Å². The summed E-state index contributed by atoms with van der Waals surface area (Å²) in [5, 5.41) is 10.3. The SMILES string of the molecule is Cc1cc(C)cc(OCc2nnc(SCC(=O)Nc3cccc(C(F)(F)F)c3)o2)c1. The Morgan fingerprint density at radius 3 is 2.57 bits per heavy atom. The van der Waals surface area contributed by atoms with Crippen LogP contribution < -0.4 is 10.1 Å². The molecular weight excluding hydrogens is 419 g/mol. The van der Waals surface area contributed by atoms with Gasteiger partial charge in [-0.05, 0) is 55.3 Å². The Hall–Kier alpha value is -3.01. The van der Waals surface area contributed by atoms with Crippen molar-refractivity contribution in [2.75, 3.05) is 11.1 Å². The number of alkyl halides is 3. The lowest BCUT2D eigenvalue weighted by molar-refractivity contribution is -0.137. The van der Waals surface area contributed by atoms with E-state index in [0.717, 1.165) is 35.0 Å². The van der Waals surface area contributed by atoms with Crippen LogP contribution in [0.2, 0.25) is 0 Å². The average molecular weight is 437 g/mol. The van der Waals surface area contributed by atoms with Crippen LogP contribution in [0.1, 0.15) is 22.6 Å². The van der Waals surface area contributed by atoms with Crippen LogP contribution in [0.4, 0.5) is 18.9 Å². The number of anilines is 1. The summed E-state index contributed by atoms with van der Waals surface area (Å²) in [6, 6.07) is 10.2. The molecule has 2 aromatic carbocycles. The van der Waals surface area contributed by atoms with Gasteiger partial charge in [-0.1, -0.05) is 23.9 Å². The van der Waals surface area contributed by atoms with Gasteiger partial charge >= 0.3 is 6.18 Å². The van der Waals surface area contributed by atoms with Gasteiger partial charge in [-0.3, -0.25) is 4.79 Å². The molecule has 30 heavy (non-hydrogen) atoms. The minimum atomic E-state index is -4.48. The maximum atomic E-state index is 12.7. The molecule has 0 aliphatic carbocycles. The van der Waals surface area contributed by atoms with Crippen LogP contribution in [-0.4, -0.2) is 21.9 Å². The van der Waals surface area contributed by atoms with Crippen molar-refractivity contribution in [1.29, 1.82) is 0 Å². The maximum absolute atomic E-state index is 12.7. The van der Waals surface area contributed by atoms with Crippen LogP contribution >= 0.6 is 11.8 Å². The Labute approximate surface area is 174 Å². The topological polar surface area (TPSA) is 77.2 Å². The number of nitrogens with one attached hydrogen (secondary N) is 1. The maximum Gasteiger partial charge on any atom is 0.416 e. The number of ether oxygens (including phenoxy) is 1. The molecule has 0 aliphatic heterocycles. The first kappa shape index (κ1) is 21.7. The molecule has 1 heterocycles. The van der Waals surface area contributed by atoms with Crippen LogP contribution in [-0.2, 0) is 17.6 Å². The molecule has 3 rings (SSSR count). The molecule has 0 bridgehead atoms. The number of thioether (sulfide) groups is 1. The molecule has 3 aromatic rings. The first-order valence-corrected chi connectivity index (χ1v) is 9.81. The number of rotatable bonds is 7. The summed E-state index contributed by atoms with van der Waals surface area (Å²) in [4.78, 5) is 12.0. The summed E-state index contributed by atoms with van der Waals surface area (Å²) in [7, 11) is 0. The van der Waals surface area contributed by atoms with Crippen LogP contribution in [0, 0.1) is 13.8 Å². The number of nitrogens with zero attached hydrogens (tertiary/aromatic N) is 2. The van der Waals surface area contributed by atoms with Crippen LogP contribution in [0.5, 0.6) is 5.75 Å². The number of carbonyl (C=O) groups excluding carboxylic acids is 1. The molecule has 6 nitrogen and oxygen atoms in total. The zero-order valence-electron chi connectivity index (χ0n) is 16.1. The minimum absolute atomic E-state index is 0.0588. The lowest BCUT2D eigenvalue weighted by atomic mass is 10.1. The van der Waals surface area contributed by atoms with Gasteiger partial charge in [0, 0.05) is 5.69 Å². The Kier molecular flexibility index (Phi) is 6.66. The van der Waals surface area contributed by atoms with Crippen molar-refractivity contribution in [3.05, 3.63) is 65.0 Å². The molecule has 1 N–H and O–H groups in total. The number of hydrogen-bond donors (Lipinski definition) is 1. The van der Waals surface area contributed by atoms with Crippen molar-refractivity contribution in [1.82, 2.24) is 10.2 Å². The Morgan fingerprint density at radius 2 is 1.87 bits per heavy atom. The van der Waals surface area contributed by atoms with Gasteiger partial charge in [0.25, 0.3) is 11.1 Å². The second kappa shape index (κ2) is 9.21. The summed E-state index contributed by atoms with van der Waals surface area (Å²) >= 11 is 0.975. The lowest BCUT2D eigenvalue weighted by Gasteiger charge is -2.09. The van der Waals surface area contributed by atoms with Gasteiger partial charge in [0.2, 0.25) is 5.91 Å². The van der Waals surface area contributed by atoms with E-state index in [9.17, 15) is 18.0 Å². The molecule has 0 unspecified atom stereocenters. The highest BCUT2D eigenvalue weighted by atomic mass is 32.2. The highest BCUT2D eigenvalue weighted by molar-refractivity contribution is 7.99. The monoisotopic (exact) mass is 437 g/mol. The summed E-state index contributed by atoms with van der Waals surface area (Å²) < 4.78 is 49.2. The summed E-state index contributed by atoms with van der Waals surface area (Å²) in [6.45, 7) is 4.00. The number of hydrogen-bond acceptors (Lipinski definition) is 6. The van der Waals surface area contributed by atoms with Gasteiger partial charge in [0.05, 0.1) is 11.3 Å². The molecule has 10 heteroatoms. The first-order chi connectivity index (χ1) is 14.2. The fraction of sp³-hybridized carbons (Fsp3) is 0.250. The lowest BCUT2D eigenvalue weighted by Crippen LogP contribution is -2.15. The van der Waals surface area contributed by atoms with E-state index in [4.69, 9.17) is 9.15 Å². The third-order valence-corrected chi connectivity index (χ3v) is 4.62. The van der Waals surface area contributed by atoms with E-state index in [0.29, 0.717) is 5.75 Å². The fourth-order valence-electron chi connectivity index (χ4n) is 2.61. The molecule has 1 amide bonds. The third-order valence-electron chi connectivity index (χ3n) is 3.81. The number of carbonyl (C=O) groups is 1. The standard InChI is InChI=1S/C20H18F3N3O3S/c1-12-6-13(2)8-16(7-12)28-10-18-25-26-19(29-18)30-11-17(27)24-15-5-3-4-14(9-15)20(21,22)23/h3-9H,10-11H2,1-2H3,(H,24,27). The number of halogens is 3. The van der Waals surface area contributed by atoms with E-state index in [2.05, 4.69) is 15.5 Å². The zero-order valence-corrected chi connectivity index (χ0v) is 16.9. The molecule has 0 fully saturated rings. The van der Waals surface area contributed by atoms with Crippen molar-refractivity contribution in [3.63, 3.8) is 0 Å². The van der Waals surface area contributed by atoms with Gasteiger partial charge in [-0.15, -0.1) is 10.2 Å². The number of aromatic nitrogens is 2. The molecule has 0 aliphatic rings. The number of aryl methyl sites for hydroxylation is 2. The van der Waals surface area contributed by atoms with E-state index in [-0.39, 0.29) is 29.2 Å². The van der Waals surface area contributed by atoms with E-state index in [1.54, 1.807) is 0 Å². The molecule has 0 saturated carbocycles. The highest BCUT2D eigenvalue weighted by Gasteiger charge is 2.30. The highest BCUT2D eigenvalue weighted by Crippen LogP contribution is 2.30. The third kappa shape index (κ3) is 6.24. The van der Waals surface area contributed by atoms with Crippen LogP contribution in [0.3, 0.4) is 0 Å². The predicted molar refractivity (Wildman–Crippen MR) is 105 cm³/mol. The average Bonchev–Trinajstić information content (AvgIpc) is 3.11. The first-order valence-electron chi connectivity index (χ1n) is 8.82. The summed E-state index contributed by atoms with van der Waals surface area (Å²) in [5.74, 6) is 0.330. The van der Waals surface area contributed by atoms with Gasteiger partial charge in [-0.25, -0.2) is 0 Å². The van der Waals surface area contributed by atoms with E-state index >= 15 is 0 Å². The molecule has 0 atom stereocenters. The second-order valence-corrected chi connectivity index (χ2v) is 7.42. The molecule has 0 saturated heterocycles. The normalized spacial score (nSPS) is 11.4. The summed E-state index contributed by atoms with van der Waals surface area (Å²) in [6.07, 6.45) is -4.48. The fourth-order valence-corrected chi connectivity index (χ4v) is 3.19. The Morgan fingerprint density at radius 1 is 1.13 bits per heavy atom. The van der Waals surface area contributed by atoms with Crippen molar-refractivity contribution < 1.29 is 27.1 Å². The number of amides is 1. The molecule has 0 radical (unpaired) electrons. The van der Waals surface area contributed by atoms with Gasteiger partial charge in [-0.2, -0.15) is 13.2 Å². The Balaban J connectivity index is 1.49.